The van der Waals surface area contributed by atoms with Crippen LogP contribution in [0.3, 0.4) is 0 Å². The molecule has 4 rings (SSSR count). The van der Waals surface area contributed by atoms with Crippen LogP contribution in [0.1, 0.15) is 40.7 Å². The van der Waals surface area contributed by atoms with Crippen molar-refractivity contribution in [2.75, 3.05) is 19.6 Å². The Kier molecular flexibility index (Phi) is 6.65. The van der Waals surface area contributed by atoms with Crippen LogP contribution >= 0.6 is 11.5 Å². The highest BCUT2D eigenvalue weighted by molar-refractivity contribution is 7.07. The fraction of sp³-hybridized carbons (Fsp3) is 0.360. The highest BCUT2D eigenvalue weighted by atomic mass is 32.1. The number of hydrogen-bond donors (Lipinski definition) is 1. The molecule has 7 heteroatoms. The first-order chi connectivity index (χ1) is 15.5. The van der Waals surface area contributed by atoms with Gasteiger partial charge in [0.25, 0.3) is 5.91 Å². The molecule has 1 aromatic heterocycles. The van der Waals surface area contributed by atoms with Gasteiger partial charge in [-0.05, 0) is 61.3 Å². The van der Waals surface area contributed by atoms with Crippen molar-refractivity contribution < 1.29 is 9.59 Å². The van der Waals surface area contributed by atoms with E-state index in [0.29, 0.717) is 49.5 Å². The van der Waals surface area contributed by atoms with Crippen molar-refractivity contribution in [2.45, 2.75) is 33.1 Å². The molecular weight excluding hydrogens is 420 g/mol. The number of carbonyl (C=O) groups is 2. The maximum absolute atomic E-state index is 13.3. The lowest BCUT2D eigenvalue weighted by Gasteiger charge is -2.41. The monoisotopic (exact) mass is 448 g/mol. The Morgan fingerprint density at radius 2 is 1.75 bits per heavy atom. The van der Waals surface area contributed by atoms with Gasteiger partial charge < -0.3 is 10.2 Å². The van der Waals surface area contributed by atoms with Gasteiger partial charge in [0.15, 0.2) is 0 Å². The van der Waals surface area contributed by atoms with Gasteiger partial charge in [0, 0.05) is 19.6 Å². The highest BCUT2D eigenvalue weighted by Gasteiger charge is 2.42. The van der Waals surface area contributed by atoms with Crippen LogP contribution in [0.2, 0.25) is 0 Å². The van der Waals surface area contributed by atoms with Crippen molar-refractivity contribution in [3.8, 4) is 11.1 Å². The van der Waals surface area contributed by atoms with Gasteiger partial charge in [0.1, 0.15) is 4.88 Å². The average Bonchev–Trinajstić information content (AvgIpc) is 3.26. The minimum atomic E-state index is -0.543. The molecule has 1 aliphatic heterocycles. The van der Waals surface area contributed by atoms with Gasteiger partial charge >= 0.3 is 0 Å². The van der Waals surface area contributed by atoms with Crippen molar-refractivity contribution in [3.05, 3.63) is 70.7 Å². The first-order valence-corrected chi connectivity index (χ1v) is 11.8. The Balaban J connectivity index is 1.59. The van der Waals surface area contributed by atoms with E-state index in [9.17, 15) is 9.59 Å². The minimum Gasteiger partial charge on any atom is -0.356 e. The summed E-state index contributed by atoms with van der Waals surface area (Å²) in [4.78, 5) is 28.7. The van der Waals surface area contributed by atoms with Crippen molar-refractivity contribution >= 4 is 23.3 Å². The number of likely N-dealkylation sites (tertiary alicyclic amines) is 1. The number of benzene rings is 2. The maximum Gasteiger partial charge on any atom is 0.267 e. The average molecular weight is 449 g/mol. The summed E-state index contributed by atoms with van der Waals surface area (Å²) in [6, 6.07) is 18.6. The second kappa shape index (κ2) is 9.61. The molecule has 2 aromatic carbocycles. The van der Waals surface area contributed by atoms with Gasteiger partial charge in [0.2, 0.25) is 5.91 Å². The van der Waals surface area contributed by atoms with Crippen LogP contribution in [-0.4, -0.2) is 45.9 Å². The van der Waals surface area contributed by atoms with E-state index in [1.807, 2.05) is 42.2 Å². The van der Waals surface area contributed by atoms with Gasteiger partial charge in [-0.25, -0.2) is 0 Å². The number of aryl methyl sites for hydroxylation is 1. The molecule has 1 aliphatic rings. The number of nitrogens with one attached hydrogen (secondary N) is 1. The number of carbonyl (C=O) groups excluding carboxylic acids is 2. The van der Waals surface area contributed by atoms with Crippen LogP contribution in [0.15, 0.2) is 54.6 Å². The smallest absolute Gasteiger partial charge is 0.267 e. The summed E-state index contributed by atoms with van der Waals surface area (Å²) in [5.74, 6) is 0.0392. The number of piperidine rings is 1. The Hall–Kier alpha value is -3.06. The van der Waals surface area contributed by atoms with E-state index in [4.69, 9.17) is 0 Å². The second-order valence-electron chi connectivity index (χ2n) is 8.32. The van der Waals surface area contributed by atoms with Gasteiger partial charge in [-0.3, -0.25) is 9.59 Å². The molecule has 0 radical (unpaired) electrons. The lowest BCUT2D eigenvalue weighted by molar-refractivity contribution is -0.133. The predicted molar refractivity (Wildman–Crippen MR) is 126 cm³/mol. The van der Waals surface area contributed by atoms with Crippen LogP contribution in [0.25, 0.3) is 11.1 Å². The van der Waals surface area contributed by atoms with Crippen LogP contribution < -0.4 is 5.32 Å². The van der Waals surface area contributed by atoms with Gasteiger partial charge in [-0.1, -0.05) is 59.1 Å². The number of nitrogens with zero attached hydrogens (tertiary/aromatic N) is 3. The van der Waals surface area contributed by atoms with E-state index < -0.39 is 5.41 Å². The molecule has 3 aromatic rings. The topological polar surface area (TPSA) is 75.2 Å². The summed E-state index contributed by atoms with van der Waals surface area (Å²) in [6.07, 6.45) is 1.89. The maximum atomic E-state index is 13.3. The largest absolute Gasteiger partial charge is 0.356 e. The molecule has 2 heterocycles. The summed E-state index contributed by atoms with van der Waals surface area (Å²) in [6.45, 7) is 5.43. The third kappa shape index (κ3) is 4.43. The fourth-order valence-electron chi connectivity index (χ4n) is 4.48. The zero-order valence-electron chi connectivity index (χ0n) is 18.5. The number of amides is 2. The van der Waals surface area contributed by atoms with E-state index in [2.05, 4.69) is 39.2 Å². The highest BCUT2D eigenvalue weighted by Crippen LogP contribution is 2.38. The molecule has 0 bridgehead atoms. The first-order valence-electron chi connectivity index (χ1n) is 11.0. The van der Waals surface area contributed by atoms with Crippen molar-refractivity contribution in [3.63, 3.8) is 0 Å². The molecule has 1 fully saturated rings. The van der Waals surface area contributed by atoms with Crippen molar-refractivity contribution in [1.29, 1.82) is 0 Å². The van der Waals surface area contributed by atoms with E-state index >= 15 is 0 Å². The normalized spacial score (nSPS) is 15.4. The Labute approximate surface area is 192 Å². The predicted octanol–water partition coefficient (Wildman–Crippen LogP) is 4.11. The standard InChI is InChI=1S/C25H28N4O2S/c1-3-26-24(31)25(13-15-29(16-14-25)23(30)22-18(2)27-28-32-22)17-20-11-7-8-12-21(20)19-9-5-4-6-10-19/h4-12H,3,13-17H2,1-2H3,(H,26,31). The lowest BCUT2D eigenvalue weighted by Crippen LogP contribution is -2.51. The quantitative estimate of drug-likeness (QED) is 0.616. The zero-order chi connectivity index (χ0) is 22.6. The second-order valence-corrected chi connectivity index (χ2v) is 9.07. The summed E-state index contributed by atoms with van der Waals surface area (Å²) < 4.78 is 3.89. The van der Waals surface area contributed by atoms with Gasteiger partial charge in [-0.15, -0.1) is 5.10 Å². The Morgan fingerprint density at radius 3 is 2.41 bits per heavy atom. The molecular formula is C25H28N4O2S. The summed E-state index contributed by atoms with van der Waals surface area (Å²) in [5.41, 5.74) is 3.58. The first kappa shape index (κ1) is 22.1. The van der Waals surface area contributed by atoms with Crippen molar-refractivity contribution in [1.82, 2.24) is 19.8 Å². The molecule has 0 aliphatic carbocycles. The molecule has 32 heavy (non-hydrogen) atoms. The van der Waals surface area contributed by atoms with E-state index in [1.165, 1.54) is 0 Å². The Bertz CT molecular complexity index is 1090. The molecule has 0 spiro atoms. The van der Waals surface area contributed by atoms with E-state index in [0.717, 1.165) is 28.2 Å². The molecule has 2 amide bonds. The molecule has 6 nitrogen and oxygen atoms in total. The summed E-state index contributed by atoms with van der Waals surface area (Å²) in [5, 5.41) is 7.02. The molecule has 0 unspecified atom stereocenters. The SMILES string of the molecule is CCNC(=O)C1(Cc2ccccc2-c2ccccc2)CCN(C(=O)c2snnc2C)CC1. The van der Waals surface area contributed by atoms with E-state index in [1.54, 1.807) is 6.92 Å². The number of aromatic nitrogens is 2. The van der Waals surface area contributed by atoms with Crippen molar-refractivity contribution in [2.24, 2.45) is 5.41 Å². The summed E-state index contributed by atoms with van der Waals surface area (Å²) >= 11 is 1.14. The van der Waals surface area contributed by atoms with Crippen LogP contribution in [0.4, 0.5) is 0 Å². The molecule has 0 saturated carbocycles. The zero-order valence-corrected chi connectivity index (χ0v) is 19.3. The third-order valence-corrected chi connectivity index (χ3v) is 7.12. The van der Waals surface area contributed by atoms with Gasteiger partial charge in [0.05, 0.1) is 11.1 Å². The fourth-order valence-corrected chi connectivity index (χ4v) is 5.10. The number of hydrogen-bond acceptors (Lipinski definition) is 5. The lowest BCUT2D eigenvalue weighted by atomic mass is 9.72. The van der Waals surface area contributed by atoms with E-state index in [-0.39, 0.29) is 11.8 Å². The summed E-state index contributed by atoms with van der Waals surface area (Å²) in [7, 11) is 0. The van der Waals surface area contributed by atoms with Crippen LogP contribution in [0, 0.1) is 12.3 Å². The minimum absolute atomic E-state index is 0.0355. The Morgan fingerprint density at radius 1 is 1.06 bits per heavy atom. The van der Waals surface area contributed by atoms with Gasteiger partial charge in [-0.2, -0.15) is 0 Å². The molecule has 166 valence electrons. The van der Waals surface area contributed by atoms with Crippen LogP contribution in [-0.2, 0) is 11.2 Å². The third-order valence-electron chi connectivity index (χ3n) is 6.30. The molecule has 1 saturated heterocycles. The molecule has 1 N–H and O–H groups in total. The molecule has 0 atom stereocenters. The number of rotatable bonds is 6. The van der Waals surface area contributed by atoms with Crippen LogP contribution in [0.5, 0.6) is 0 Å².